The standard InChI is InChI=1S/C22H16O2/c23-21-18-8-4-2-6-16(18)11-12-22(21)13-14-24-20-17-7-3-1-5-15(17)9-10-19(20)22/h1-12H,13-14H2. The number of hydrogen-bond donors (Lipinski definition) is 0. The van der Waals surface area contributed by atoms with Crippen LogP contribution in [0.1, 0.15) is 27.9 Å². The Labute approximate surface area is 140 Å². The Balaban J connectivity index is 1.79. The maximum absolute atomic E-state index is 13.4. The Hall–Kier alpha value is -2.87. The number of hydrogen-bond acceptors (Lipinski definition) is 2. The predicted octanol–water partition coefficient (Wildman–Crippen LogP) is 4.77. The van der Waals surface area contributed by atoms with Crippen LogP contribution in [0.4, 0.5) is 0 Å². The van der Waals surface area contributed by atoms with E-state index in [1.807, 2.05) is 36.4 Å². The van der Waals surface area contributed by atoms with Crippen molar-refractivity contribution in [3.05, 3.63) is 83.4 Å². The Morgan fingerprint density at radius 2 is 1.75 bits per heavy atom. The maximum atomic E-state index is 13.4. The summed E-state index contributed by atoms with van der Waals surface area (Å²) in [7, 11) is 0. The predicted molar refractivity (Wildman–Crippen MR) is 95.5 cm³/mol. The highest BCUT2D eigenvalue weighted by molar-refractivity contribution is 6.11. The number of benzene rings is 3. The molecule has 0 N–H and O–H groups in total. The first kappa shape index (κ1) is 13.6. The van der Waals surface area contributed by atoms with Crippen LogP contribution in [0, 0.1) is 0 Å². The van der Waals surface area contributed by atoms with Crippen LogP contribution >= 0.6 is 0 Å². The molecule has 1 aliphatic heterocycles. The smallest absolute Gasteiger partial charge is 0.178 e. The van der Waals surface area contributed by atoms with E-state index in [-0.39, 0.29) is 5.78 Å². The fourth-order valence-corrected chi connectivity index (χ4v) is 4.00. The molecule has 116 valence electrons. The molecule has 1 aliphatic carbocycles. The van der Waals surface area contributed by atoms with Gasteiger partial charge in [-0.2, -0.15) is 0 Å². The summed E-state index contributed by atoms with van der Waals surface area (Å²) < 4.78 is 6.01. The largest absolute Gasteiger partial charge is 0.493 e. The van der Waals surface area contributed by atoms with Crippen molar-refractivity contribution in [1.29, 1.82) is 0 Å². The fraction of sp³-hybridized carbons (Fsp3) is 0.136. The summed E-state index contributed by atoms with van der Waals surface area (Å²) >= 11 is 0. The molecule has 3 aromatic carbocycles. The lowest BCUT2D eigenvalue weighted by molar-refractivity contribution is 0.0874. The lowest BCUT2D eigenvalue weighted by atomic mass is 9.67. The Bertz CT molecular complexity index is 1020. The minimum absolute atomic E-state index is 0.181. The summed E-state index contributed by atoms with van der Waals surface area (Å²) in [5.74, 6) is 1.04. The lowest BCUT2D eigenvalue weighted by Gasteiger charge is -2.38. The molecule has 0 fully saturated rings. The molecule has 0 saturated carbocycles. The SMILES string of the molecule is O=C1c2ccccc2C=CC12CCOc1c2ccc2ccccc12. The number of ketones is 1. The third-order valence-corrected chi connectivity index (χ3v) is 5.26. The third kappa shape index (κ3) is 1.68. The van der Waals surface area contributed by atoms with Gasteiger partial charge in [0.25, 0.3) is 0 Å². The van der Waals surface area contributed by atoms with Crippen LogP contribution in [0.5, 0.6) is 5.75 Å². The molecular weight excluding hydrogens is 296 g/mol. The highest BCUT2D eigenvalue weighted by atomic mass is 16.5. The van der Waals surface area contributed by atoms with Gasteiger partial charge < -0.3 is 4.74 Å². The number of rotatable bonds is 0. The molecule has 0 saturated heterocycles. The average molecular weight is 312 g/mol. The highest BCUT2D eigenvalue weighted by Gasteiger charge is 2.45. The second kappa shape index (κ2) is 4.81. The molecular formula is C22H16O2. The van der Waals surface area contributed by atoms with Gasteiger partial charge in [0.05, 0.1) is 12.0 Å². The van der Waals surface area contributed by atoms with Gasteiger partial charge in [0.15, 0.2) is 5.78 Å². The van der Waals surface area contributed by atoms with Gasteiger partial charge >= 0.3 is 0 Å². The normalized spacial score (nSPS) is 21.4. The van der Waals surface area contributed by atoms with Gasteiger partial charge in [0.2, 0.25) is 0 Å². The molecule has 0 aromatic heterocycles. The molecule has 1 heterocycles. The van der Waals surface area contributed by atoms with E-state index in [0.29, 0.717) is 13.0 Å². The van der Waals surface area contributed by atoms with Crippen LogP contribution in [-0.2, 0) is 5.41 Å². The van der Waals surface area contributed by atoms with Crippen molar-refractivity contribution in [3.63, 3.8) is 0 Å². The average Bonchev–Trinajstić information content (AvgIpc) is 2.65. The quantitative estimate of drug-likeness (QED) is 0.597. The third-order valence-electron chi connectivity index (χ3n) is 5.26. The molecule has 2 nitrogen and oxygen atoms in total. The molecule has 5 rings (SSSR count). The minimum Gasteiger partial charge on any atom is -0.493 e. The summed E-state index contributed by atoms with van der Waals surface area (Å²) in [6.45, 7) is 0.555. The Kier molecular flexibility index (Phi) is 2.72. The first-order valence-corrected chi connectivity index (χ1v) is 8.28. The van der Waals surface area contributed by atoms with Crippen molar-refractivity contribution in [2.24, 2.45) is 0 Å². The van der Waals surface area contributed by atoms with E-state index in [9.17, 15) is 4.79 Å². The molecule has 2 heteroatoms. The second-order valence-electron chi connectivity index (χ2n) is 6.48. The zero-order chi connectivity index (χ0) is 16.1. The molecule has 0 radical (unpaired) electrons. The van der Waals surface area contributed by atoms with Crippen LogP contribution in [0.2, 0.25) is 0 Å². The molecule has 0 bridgehead atoms. The van der Waals surface area contributed by atoms with E-state index in [1.54, 1.807) is 0 Å². The fourth-order valence-electron chi connectivity index (χ4n) is 4.00. The number of fused-ring (bicyclic) bond motifs is 5. The summed E-state index contributed by atoms with van der Waals surface area (Å²) in [6, 6.07) is 20.2. The monoisotopic (exact) mass is 312 g/mol. The van der Waals surface area contributed by atoms with Crippen molar-refractivity contribution in [1.82, 2.24) is 0 Å². The maximum Gasteiger partial charge on any atom is 0.178 e. The number of carbonyl (C=O) groups excluding carboxylic acids is 1. The van der Waals surface area contributed by atoms with E-state index in [4.69, 9.17) is 4.74 Å². The zero-order valence-corrected chi connectivity index (χ0v) is 13.2. The Morgan fingerprint density at radius 1 is 0.917 bits per heavy atom. The lowest BCUT2D eigenvalue weighted by Crippen LogP contribution is -2.40. The van der Waals surface area contributed by atoms with Gasteiger partial charge in [-0.1, -0.05) is 72.8 Å². The molecule has 0 amide bonds. The van der Waals surface area contributed by atoms with Crippen molar-refractivity contribution in [2.45, 2.75) is 11.8 Å². The molecule has 2 aliphatic rings. The van der Waals surface area contributed by atoms with E-state index in [0.717, 1.165) is 33.2 Å². The van der Waals surface area contributed by atoms with Crippen LogP contribution in [-0.4, -0.2) is 12.4 Å². The van der Waals surface area contributed by atoms with Crippen molar-refractivity contribution < 1.29 is 9.53 Å². The first-order valence-electron chi connectivity index (χ1n) is 8.28. The summed E-state index contributed by atoms with van der Waals surface area (Å²) in [5.41, 5.74) is 2.19. The highest BCUT2D eigenvalue weighted by Crippen LogP contribution is 2.47. The van der Waals surface area contributed by atoms with Gasteiger partial charge in [-0.05, 0) is 10.9 Å². The van der Waals surface area contributed by atoms with Gasteiger partial charge in [0.1, 0.15) is 5.75 Å². The number of ether oxygens (including phenoxy) is 1. The number of allylic oxidation sites excluding steroid dienone is 1. The summed E-state index contributed by atoms with van der Waals surface area (Å²) in [4.78, 5) is 13.4. The topological polar surface area (TPSA) is 26.3 Å². The van der Waals surface area contributed by atoms with E-state index >= 15 is 0 Å². The molecule has 1 atom stereocenters. The van der Waals surface area contributed by atoms with Crippen LogP contribution in [0.3, 0.4) is 0 Å². The number of Topliss-reactive ketones (excluding diaryl/α,β-unsaturated/α-hetero) is 1. The summed E-state index contributed by atoms with van der Waals surface area (Å²) in [5, 5.41) is 2.22. The van der Waals surface area contributed by atoms with Crippen LogP contribution < -0.4 is 4.74 Å². The Morgan fingerprint density at radius 3 is 2.71 bits per heavy atom. The second-order valence-corrected chi connectivity index (χ2v) is 6.48. The van der Waals surface area contributed by atoms with Crippen molar-refractivity contribution in [2.75, 3.05) is 6.61 Å². The van der Waals surface area contributed by atoms with Gasteiger partial charge in [0, 0.05) is 22.9 Å². The van der Waals surface area contributed by atoms with E-state index < -0.39 is 5.41 Å². The van der Waals surface area contributed by atoms with Crippen LogP contribution in [0.25, 0.3) is 16.8 Å². The number of carbonyl (C=O) groups is 1. The molecule has 1 spiro atoms. The van der Waals surface area contributed by atoms with Crippen molar-refractivity contribution >= 4 is 22.6 Å². The van der Waals surface area contributed by atoms with E-state index in [2.05, 4.69) is 36.4 Å². The van der Waals surface area contributed by atoms with Gasteiger partial charge in [-0.15, -0.1) is 0 Å². The molecule has 24 heavy (non-hydrogen) atoms. The molecule has 3 aromatic rings. The first-order chi connectivity index (χ1) is 11.8. The minimum atomic E-state index is -0.605. The van der Waals surface area contributed by atoms with Crippen molar-refractivity contribution in [3.8, 4) is 5.75 Å². The van der Waals surface area contributed by atoms with E-state index in [1.165, 1.54) is 0 Å². The van der Waals surface area contributed by atoms with Crippen LogP contribution in [0.15, 0.2) is 66.7 Å². The zero-order valence-electron chi connectivity index (χ0n) is 13.2. The van der Waals surface area contributed by atoms with Gasteiger partial charge in [-0.3, -0.25) is 4.79 Å². The summed E-state index contributed by atoms with van der Waals surface area (Å²) in [6.07, 6.45) is 4.84. The van der Waals surface area contributed by atoms with Gasteiger partial charge in [-0.25, -0.2) is 0 Å². The molecule has 1 unspecified atom stereocenters.